The third-order valence-corrected chi connectivity index (χ3v) is 5.59. The van der Waals surface area contributed by atoms with Crippen molar-refractivity contribution in [2.45, 2.75) is 51.1 Å². The van der Waals surface area contributed by atoms with E-state index in [1.807, 2.05) is 6.92 Å². The van der Waals surface area contributed by atoms with Gasteiger partial charge in [0.15, 0.2) is 0 Å². The van der Waals surface area contributed by atoms with E-state index in [9.17, 15) is 22.8 Å². The third kappa shape index (κ3) is 2.88. The summed E-state index contributed by atoms with van der Waals surface area (Å²) in [5.41, 5.74) is 0. The Kier molecular flexibility index (Phi) is 4.89. The number of likely N-dealkylation sites (tertiary alicyclic amines) is 1. The Morgan fingerprint density at radius 3 is 2.64 bits per heavy atom. The SMILES string of the molecule is CCC[C@H]1C(=O)N(S(C)(=O)=O)[C@H]2CCN(C(=O)CCC=O)[C@H]12. The van der Waals surface area contributed by atoms with E-state index in [1.165, 1.54) is 0 Å². The van der Waals surface area contributed by atoms with Gasteiger partial charge in [0.25, 0.3) is 0 Å². The van der Waals surface area contributed by atoms with Crippen LogP contribution in [0.3, 0.4) is 0 Å². The Balaban J connectivity index is 2.30. The lowest BCUT2D eigenvalue weighted by atomic mass is 9.94. The molecule has 0 unspecified atom stereocenters. The van der Waals surface area contributed by atoms with Gasteiger partial charge in [-0.3, -0.25) is 9.59 Å². The minimum absolute atomic E-state index is 0.110. The highest BCUT2D eigenvalue weighted by molar-refractivity contribution is 7.88. The van der Waals surface area contributed by atoms with Gasteiger partial charge in [-0.1, -0.05) is 13.3 Å². The molecule has 0 aliphatic carbocycles. The van der Waals surface area contributed by atoms with Crippen molar-refractivity contribution in [3.8, 4) is 0 Å². The van der Waals surface area contributed by atoms with Crippen LogP contribution < -0.4 is 0 Å². The van der Waals surface area contributed by atoms with Crippen molar-refractivity contribution in [2.75, 3.05) is 12.8 Å². The molecule has 0 spiro atoms. The predicted molar refractivity (Wildman–Crippen MR) is 79.3 cm³/mol. The van der Waals surface area contributed by atoms with Crippen LogP contribution in [0.25, 0.3) is 0 Å². The molecular weight excluding hydrogens is 308 g/mol. The molecule has 0 aromatic heterocycles. The van der Waals surface area contributed by atoms with Crippen LogP contribution in [0.2, 0.25) is 0 Å². The second-order valence-electron chi connectivity index (χ2n) is 5.93. The van der Waals surface area contributed by atoms with E-state index in [0.717, 1.165) is 17.0 Å². The van der Waals surface area contributed by atoms with Gasteiger partial charge in [-0.2, -0.15) is 0 Å². The predicted octanol–water partition coefficient (Wildman–Crippen LogP) is 0.153. The fourth-order valence-corrected chi connectivity index (χ4v) is 4.83. The topological polar surface area (TPSA) is 91.8 Å². The zero-order valence-corrected chi connectivity index (χ0v) is 13.7. The van der Waals surface area contributed by atoms with Crippen LogP contribution in [0, 0.1) is 5.92 Å². The molecule has 0 N–H and O–H groups in total. The molecule has 7 nitrogen and oxygen atoms in total. The lowest BCUT2D eigenvalue weighted by molar-refractivity contribution is -0.134. The maximum absolute atomic E-state index is 12.5. The summed E-state index contributed by atoms with van der Waals surface area (Å²) in [7, 11) is -3.63. The standard InChI is InChI=1S/C14H22N2O5S/c1-3-5-10-13-11(16(14(10)19)22(2,20)21)7-8-15(13)12(18)6-4-9-17/h9-11,13H,3-8H2,1-2H3/t10-,11+,13-/m1/s1. The van der Waals surface area contributed by atoms with E-state index in [1.54, 1.807) is 4.90 Å². The fraction of sp³-hybridized carbons (Fsp3) is 0.786. The first kappa shape index (κ1) is 16.9. The molecule has 2 aliphatic heterocycles. The van der Waals surface area contributed by atoms with Gasteiger partial charge in [0, 0.05) is 19.4 Å². The van der Waals surface area contributed by atoms with Gasteiger partial charge in [-0.05, 0) is 12.8 Å². The van der Waals surface area contributed by atoms with Crippen molar-refractivity contribution < 1.29 is 22.8 Å². The second-order valence-corrected chi connectivity index (χ2v) is 7.79. The molecule has 2 fully saturated rings. The Hall–Kier alpha value is -1.44. The molecule has 0 aromatic carbocycles. The Morgan fingerprint density at radius 1 is 1.41 bits per heavy atom. The summed E-state index contributed by atoms with van der Waals surface area (Å²) in [6.07, 6.45) is 3.76. The Labute approximate surface area is 130 Å². The number of hydrogen-bond donors (Lipinski definition) is 0. The molecule has 2 heterocycles. The summed E-state index contributed by atoms with van der Waals surface area (Å²) in [6.45, 7) is 2.37. The summed E-state index contributed by atoms with van der Waals surface area (Å²) in [6, 6.07) is -0.847. The van der Waals surface area contributed by atoms with Gasteiger partial charge in [0.05, 0.1) is 24.3 Å². The van der Waals surface area contributed by atoms with Crippen LogP contribution in [0.5, 0.6) is 0 Å². The van der Waals surface area contributed by atoms with Crippen LogP contribution in [0.15, 0.2) is 0 Å². The molecule has 3 atom stereocenters. The summed E-state index contributed by atoms with van der Waals surface area (Å²) < 4.78 is 24.9. The number of aldehydes is 1. The average molecular weight is 330 g/mol. The molecule has 8 heteroatoms. The number of carbonyl (C=O) groups excluding carboxylic acids is 3. The number of rotatable bonds is 6. The highest BCUT2D eigenvalue weighted by Crippen LogP contribution is 2.40. The van der Waals surface area contributed by atoms with Gasteiger partial charge in [-0.25, -0.2) is 12.7 Å². The zero-order valence-electron chi connectivity index (χ0n) is 12.9. The van der Waals surface area contributed by atoms with Crippen molar-refractivity contribution in [3.05, 3.63) is 0 Å². The largest absolute Gasteiger partial charge is 0.337 e. The molecule has 124 valence electrons. The maximum atomic E-state index is 12.5. The molecule has 0 radical (unpaired) electrons. The van der Waals surface area contributed by atoms with Gasteiger partial charge < -0.3 is 9.69 Å². The molecule has 2 saturated heterocycles. The lowest BCUT2D eigenvalue weighted by Gasteiger charge is -2.27. The molecule has 0 aromatic rings. The fourth-order valence-electron chi connectivity index (χ4n) is 3.64. The quantitative estimate of drug-likeness (QED) is 0.647. The van der Waals surface area contributed by atoms with Crippen molar-refractivity contribution in [2.24, 2.45) is 5.92 Å². The monoisotopic (exact) mass is 330 g/mol. The molecule has 0 saturated carbocycles. The normalized spacial score (nSPS) is 28.1. The van der Waals surface area contributed by atoms with Gasteiger partial charge in [0.2, 0.25) is 21.8 Å². The minimum atomic E-state index is -3.63. The molecule has 0 bridgehead atoms. The first-order chi connectivity index (χ1) is 10.3. The zero-order chi connectivity index (χ0) is 16.5. The number of sulfonamides is 1. The summed E-state index contributed by atoms with van der Waals surface area (Å²) in [5, 5.41) is 0. The Morgan fingerprint density at radius 2 is 2.09 bits per heavy atom. The van der Waals surface area contributed by atoms with Crippen LogP contribution in [-0.2, 0) is 24.4 Å². The van der Waals surface area contributed by atoms with Crippen LogP contribution in [0.4, 0.5) is 0 Å². The van der Waals surface area contributed by atoms with Gasteiger partial charge >= 0.3 is 0 Å². The van der Waals surface area contributed by atoms with E-state index in [-0.39, 0.29) is 24.8 Å². The van der Waals surface area contributed by atoms with Crippen molar-refractivity contribution in [1.29, 1.82) is 0 Å². The van der Waals surface area contributed by atoms with Gasteiger partial charge in [0.1, 0.15) is 6.29 Å². The van der Waals surface area contributed by atoms with Crippen molar-refractivity contribution in [1.82, 2.24) is 9.21 Å². The highest BCUT2D eigenvalue weighted by Gasteiger charge is 2.56. The number of hydrogen-bond acceptors (Lipinski definition) is 5. The molecule has 22 heavy (non-hydrogen) atoms. The number of nitrogens with zero attached hydrogens (tertiary/aromatic N) is 2. The number of carbonyl (C=O) groups is 3. The first-order valence-corrected chi connectivity index (χ1v) is 9.44. The van der Waals surface area contributed by atoms with Gasteiger partial charge in [-0.15, -0.1) is 0 Å². The lowest BCUT2D eigenvalue weighted by Crippen LogP contribution is -2.43. The molecule has 2 aliphatic rings. The molecule has 2 amide bonds. The van der Waals surface area contributed by atoms with Crippen LogP contribution >= 0.6 is 0 Å². The smallest absolute Gasteiger partial charge is 0.241 e. The second kappa shape index (κ2) is 6.36. The minimum Gasteiger partial charge on any atom is -0.337 e. The summed E-state index contributed by atoms with van der Waals surface area (Å²) >= 11 is 0. The number of fused-ring (bicyclic) bond motifs is 1. The maximum Gasteiger partial charge on any atom is 0.241 e. The first-order valence-electron chi connectivity index (χ1n) is 7.59. The van der Waals surface area contributed by atoms with E-state index >= 15 is 0 Å². The summed E-state index contributed by atoms with van der Waals surface area (Å²) in [5.74, 6) is -1.04. The van der Waals surface area contributed by atoms with E-state index < -0.39 is 27.9 Å². The molecule has 2 rings (SSSR count). The van der Waals surface area contributed by atoms with E-state index in [2.05, 4.69) is 0 Å². The highest BCUT2D eigenvalue weighted by atomic mass is 32.2. The van der Waals surface area contributed by atoms with Crippen LogP contribution in [0.1, 0.15) is 39.0 Å². The van der Waals surface area contributed by atoms with Crippen molar-refractivity contribution >= 4 is 28.1 Å². The molecular formula is C14H22N2O5S. The van der Waals surface area contributed by atoms with Crippen LogP contribution in [-0.4, -0.2) is 60.6 Å². The average Bonchev–Trinajstić information content (AvgIpc) is 2.95. The van der Waals surface area contributed by atoms with Crippen molar-refractivity contribution in [3.63, 3.8) is 0 Å². The summed E-state index contributed by atoms with van der Waals surface area (Å²) in [4.78, 5) is 36.8. The van der Waals surface area contributed by atoms with E-state index in [4.69, 9.17) is 0 Å². The number of amides is 2. The van der Waals surface area contributed by atoms with E-state index in [0.29, 0.717) is 25.7 Å². The Bertz CT molecular complexity index is 574. The third-order valence-electron chi connectivity index (χ3n) is 4.42.